The van der Waals surface area contributed by atoms with Gasteiger partial charge in [0.1, 0.15) is 9.88 Å². The monoisotopic (exact) mass is 314 g/mol. The van der Waals surface area contributed by atoms with Gasteiger partial charge in [-0.15, -0.1) is 22.7 Å². The number of rotatable bonds is 3. The first kappa shape index (κ1) is 14.0. The lowest BCUT2D eigenvalue weighted by atomic mass is 10.3. The van der Waals surface area contributed by atoms with Crippen LogP contribution in [0.1, 0.15) is 20.9 Å². The van der Waals surface area contributed by atoms with E-state index in [1.165, 1.54) is 16.9 Å². The fraction of sp³-hybridized carbons (Fsp3) is 0.125. The van der Waals surface area contributed by atoms with Gasteiger partial charge in [-0.25, -0.2) is 4.98 Å². The molecule has 0 saturated heterocycles. The molecule has 0 saturated carbocycles. The Morgan fingerprint density at radius 2 is 1.90 bits per heavy atom. The van der Waals surface area contributed by atoms with Gasteiger partial charge < -0.3 is 5.32 Å². The smallest absolute Gasteiger partial charge is 0.267 e. The standard InChI is InChI=1S/C16H14N2OS2/c1-10-8-9-20-13(10)16-17-11(2)14(21-16)15(19)18-12-6-4-3-5-7-12/h3-9H,1-2H3,(H,18,19). The Balaban J connectivity index is 1.88. The van der Waals surface area contributed by atoms with E-state index in [0.29, 0.717) is 4.88 Å². The van der Waals surface area contributed by atoms with Crippen LogP contribution in [-0.2, 0) is 0 Å². The quantitative estimate of drug-likeness (QED) is 0.758. The van der Waals surface area contributed by atoms with Crippen LogP contribution in [0.4, 0.5) is 5.69 Å². The highest BCUT2D eigenvalue weighted by atomic mass is 32.1. The second-order valence-electron chi connectivity index (χ2n) is 4.69. The number of carbonyl (C=O) groups is 1. The van der Waals surface area contributed by atoms with Crippen LogP contribution in [0.3, 0.4) is 0 Å². The SMILES string of the molecule is Cc1ccsc1-c1nc(C)c(C(=O)Nc2ccccc2)s1. The van der Waals surface area contributed by atoms with Crippen LogP contribution < -0.4 is 5.32 Å². The van der Waals surface area contributed by atoms with E-state index in [1.54, 1.807) is 11.3 Å². The van der Waals surface area contributed by atoms with Gasteiger partial charge in [0.05, 0.1) is 10.6 Å². The Labute approximate surface area is 131 Å². The largest absolute Gasteiger partial charge is 0.321 e. The number of nitrogens with zero attached hydrogens (tertiary/aromatic N) is 1. The van der Waals surface area contributed by atoms with Crippen molar-refractivity contribution in [1.29, 1.82) is 0 Å². The summed E-state index contributed by atoms with van der Waals surface area (Å²) in [6.45, 7) is 3.94. The summed E-state index contributed by atoms with van der Waals surface area (Å²) in [4.78, 5) is 18.7. The summed E-state index contributed by atoms with van der Waals surface area (Å²) in [5, 5.41) is 5.87. The molecular weight excluding hydrogens is 300 g/mol. The van der Waals surface area contributed by atoms with Gasteiger partial charge in [-0.1, -0.05) is 18.2 Å². The summed E-state index contributed by atoms with van der Waals surface area (Å²) in [6, 6.07) is 11.5. The lowest BCUT2D eigenvalue weighted by Crippen LogP contribution is -2.11. The summed E-state index contributed by atoms with van der Waals surface area (Å²) in [5.41, 5.74) is 2.77. The zero-order valence-electron chi connectivity index (χ0n) is 11.7. The van der Waals surface area contributed by atoms with Crippen LogP contribution in [0.2, 0.25) is 0 Å². The molecule has 106 valence electrons. The van der Waals surface area contributed by atoms with Crippen molar-refractivity contribution in [2.24, 2.45) is 0 Å². The van der Waals surface area contributed by atoms with Crippen molar-refractivity contribution in [2.45, 2.75) is 13.8 Å². The van der Waals surface area contributed by atoms with Gasteiger partial charge in [-0.3, -0.25) is 4.79 Å². The summed E-state index contributed by atoms with van der Waals surface area (Å²) in [6.07, 6.45) is 0. The first-order valence-corrected chi connectivity index (χ1v) is 8.23. The molecule has 21 heavy (non-hydrogen) atoms. The minimum atomic E-state index is -0.100. The minimum Gasteiger partial charge on any atom is -0.321 e. The minimum absolute atomic E-state index is 0.100. The molecule has 2 heterocycles. The van der Waals surface area contributed by atoms with Crippen LogP contribution in [0.15, 0.2) is 41.8 Å². The number of thiazole rings is 1. The van der Waals surface area contributed by atoms with E-state index in [9.17, 15) is 4.79 Å². The molecule has 0 radical (unpaired) electrons. The Kier molecular flexibility index (Phi) is 3.86. The summed E-state index contributed by atoms with van der Waals surface area (Å²) >= 11 is 3.10. The van der Waals surface area contributed by atoms with E-state index in [0.717, 1.165) is 21.3 Å². The maximum absolute atomic E-state index is 12.4. The molecular formula is C16H14N2OS2. The second-order valence-corrected chi connectivity index (χ2v) is 6.60. The summed E-state index contributed by atoms with van der Waals surface area (Å²) in [5.74, 6) is -0.100. The summed E-state index contributed by atoms with van der Waals surface area (Å²) in [7, 11) is 0. The highest BCUT2D eigenvalue weighted by Crippen LogP contribution is 2.34. The van der Waals surface area contributed by atoms with E-state index in [-0.39, 0.29) is 5.91 Å². The normalized spacial score (nSPS) is 10.6. The third-order valence-electron chi connectivity index (χ3n) is 3.09. The van der Waals surface area contributed by atoms with E-state index >= 15 is 0 Å². The highest BCUT2D eigenvalue weighted by Gasteiger charge is 2.17. The number of hydrogen-bond acceptors (Lipinski definition) is 4. The van der Waals surface area contributed by atoms with E-state index < -0.39 is 0 Å². The number of hydrogen-bond donors (Lipinski definition) is 1. The van der Waals surface area contributed by atoms with Crippen molar-refractivity contribution < 1.29 is 4.79 Å². The number of para-hydroxylation sites is 1. The van der Waals surface area contributed by atoms with Crippen LogP contribution in [0.25, 0.3) is 9.88 Å². The lowest BCUT2D eigenvalue weighted by Gasteiger charge is -2.02. The molecule has 0 aliphatic carbocycles. The van der Waals surface area contributed by atoms with E-state index in [2.05, 4.69) is 23.3 Å². The van der Waals surface area contributed by atoms with Gasteiger partial charge in [0, 0.05) is 5.69 Å². The zero-order chi connectivity index (χ0) is 14.8. The number of aryl methyl sites for hydroxylation is 2. The Morgan fingerprint density at radius 1 is 1.14 bits per heavy atom. The van der Waals surface area contributed by atoms with Gasteiger partial charge in [0.15, 0.2) is 0 Å². The molecule has 0 spiro atoms. The first-order chi connectivity index (χ1) is 10.1. The Hall–Kier alpha value is -1.98. The first-order valence-electron chi connectivity index (χ1n) is 6.53. The molecule has 0 aliphatic heterocycles. The number of thiophene rings is 1. The van der Waals surface area contributed by atoms with Crippen LogP contribution >= 0.6 is 22.7 Å². The van der Waals surface area contributed by atoms with Crippen molar-refractivity contribution in [3.63, 3.8) is 0 Å². The zero-order valence-corrected chi connectivity index (χ0v) is 13.3. The third kappa shape index (κ3) is 2.89. The van der Waals surface area contributed by atoms with Gasteiger partial charge in [0.25, 0.3) is 5.91 Å². The van der Waals surface area contributed by atoms with Gasteiger partial charge in [-0.2, -0.15) is 0 Å². The molecule has 2 aromatic heterocycles. The number of benzene rings is 1. The van der Waals surface area contributed by atoms with E-state index in [4.69, 9.17) is 0 Å². The van der Waals surface area contributed by atoms with Crippen molar-refractivity contribution in [3.8, 4) is 9.88 Å². The van der Waals surface area contributed by atoms with Gasteiger partial charge in [-0.05, 0) is 43.0 Å². The number of anilines is 1. The molecule has 0 atom stereocenters. The molecule has 0 fully saturated rings. The fourth-order valence-corrected chi connectivity index (χ4v) is 4.05. The Morgan fingerprint density at radius 3 is 2.57 bits per heavy atom. The van der Waals surface area contributed by atoms with Crippen LogP contribution in [0, 0.1) is 13.8 Å². The molecule has 1 aromatic carbocycles. The maximum Gasteiger partial charge on any atom is 0.267 e. The van der Waals surface area contributed by atoms with Gasteiger partial charge >= 0.3 is 0 Å². The number of amides is 1. The molecule has 0 unspecified atom stereocenters. The fourth-order valence-electron chi connectivity index (χ4n) is 2.01. The predicted molar refractivity (Wildman–Crippen MR) is 89.3 cm³/mol. The highest BCUT2D eigenvalue weighted by molar-refractivity contribution is 7.22. The topological polar surface area (TPSA) is 42.0 Å². The average Bonchev–Trinajstić information content (AvgIpc) is 3.05. The van der Waals surface area contributed by atoms with Crippen molar-refractivity contribution in [3.05, 3.63) is 57.9 Å². The third-order valence-corrected chi connectivity index (χ3v) is 5.42. The van der Waals surface area contributed by atoms with Crippen molar-refractivity contribution in [2.75, 3.05) is 5.32 Å². The van der Waals surface area contributed by atoms with Gasteiger partial charge in [0.2, 0.25) is 0 Å². The number of carbonyl (C=O) groups excluding carboxylic acids is 1. The predicted octanol–water partition coefficient (Wildman–Crippen LogP) is 4.74. The van der Waals surface area contributed by atoms with Crippen LogP contribution in [0.5, 0.6) is 0 Å². The number of nitrogens with one attached hydrogen (secondary N) is 1. The van der Waals surface area contributed by atoms with Crippen LogP contribution in [-0.4, -0.2) is 10.9 Å². The number of aromatic nitrogens is 1. The molecule has 3 rings (SSSR count). The summed E-state index contributed by atoms with van der Waals surface area (Å²) < 4.78 is 0. The molecule has 3 aromatic rings. The molecule has 3 nitrogen and oxygen atoms in total. The average molecular weight is 314 g/mol. The molecule has 5 heteroatoms. The molecule has 1 N–H and O–H groups in total. The lowest BCUT2D eigenvalue weighted by molar-refractivity contribution is 0.103. The van der Waals surface area contributed by atoms with Crippen molar-refractivity contribution in [1.82, 2.24) is 4.98 Å². The molecule has 0 bridgehead atoms. The second kappa shape index (κ2) is 5.79. The molecule has 1 amide bonds. The van der Waals surface area contributed by atoms with E-state index in [1.807, 2.05) is 42.6 Å². The molecule has 0 aliphatic rings. The van der Waals surface area contributed by atoms with Crippen molar-refractivity contribution >= 4 is 34.3 Å². The maximum atomic E-state index is 12.4. The Bertz CT molecular complexity index is 775.